The predicted molar refractivity (Wildman–Crippen MR) is 128 cm³/mol. The lowest BCUT2D eigenvalue weighted by Crippen LogP contribution is -2.37. The van der Waals surface area contributed by atoms with Crippen LogP contribution in [0.4, 0.5) is 0 Å². The Morgan fingerprint density at radius 2 is 1.91 bits per heavy atom. The van der Waals surface area contributed by atoms with Crippen molar-refractivity contribution in [1.82, 2.24) is 20.2 Å². The highest BCUT2D eigenvalue weighted by Gasteiger charge is 2.24. The minimum absolute atomic E-state index is 0.00153. The van der Waals surface area contributed by atoms with Gasteiger partial charge in [-0.25, -0.2) is 4.98 Å². The maximum absolute atomic E-state index is 12.7. The number of benzene rings is 1. The second-order valence-electron chi connectivity index (χ2n) is 8.88. The molecule has 0 radical (unpaired) electrons. The zero-order valence-electron chi connectivity index (χ0n) is 18.4. The molecule has 1 aliphatic carbocycles. The standard InChI is InChI=1S/C25H30N4O2S/c30-22(26-16-19(29-14-6-7-15-29)17-8-2-1-3-9-17)13-12-21-27-24(31)23-18-10-4-5-11-20(18)32-25(23)28-21/h1-3,8-9,19H,4-7,10-16H2,(H,26,30)(H,27,28,31). The summed E-state index contributed by atoms with van der Waals surface area (Å²) in [5.41, 5.74) is 2.39. The summed E-state index contributed by atoms with van der Waals surface area (Å²) in [6.07, 6.45) is 7.54. The summed E-state index contributed by atoms with van der Waals surface area (Å²) in [5.74, 6) is 0.605. The van der Waals surface area contributed by atoms with E-state index in [0.717, 1.165) is 42.6 Å². The number of rotatable bonds is 7. The van der Waals surface area contributed by atoms with Crippen LogP contribution in [0.5, 0.6) is 0 Å². The Kier molecular flexibility index (Phi) is 6.37. The van der Waals surface area contributed by atoms with Gasteiger partial charge in [0, 0.05) is 24.3 Å². The molecule has 1 aromatic carbocycles. The zero-order chi connectivity index (χ0) is 21.9. The average Bonchev–Trinajstić information content (AvgIpc) is 3.46. The van der Waals surface area contributed by atoms with Crippen LogP contribution in [0.1, 0.15) is 60.0 Å². The number of carbonyl (C=O) groups excluding carboxylic acids is 1. The van der Waals surface area contributed by atoms with Gasteiger partial charge in [-0.1, -0.05) is 30.3 Å². The number of hydrogen-bond donors (Lipinski definition) is 2. The third kappa shape index (κ3) is 4.50. The van der Waals surface area contributed by atoms with E-state index < -0.39 is 0 Å². The monoisotopic (exact) mass is 450 g/mol. The minimum atomic E-state index is -0.0528. The second-order valence-corrected chi connectivity index (χ2v) is 9.96. The molecule has 1 atom stereocenters. The summed E-state index contributed by atoms with van der Waals surface area (Å²) < 4.78 is 0. The quantitative estimate of drug-likeness (QED) is 0.575. The van der Waals surface area contributed by atoms with Gasteiger partial charge in [0.15, 0.2) is 0 Å². The van der Waals surface area contributed by atoms with E-state index in [1.54, 1.807) is 11.3 Å². The molecule has 6 nitrogen and oxygen atoms in total. The fourth-order valence-electron chi connectivity index (χ4n) is 5.04. The topological polar surface area (TPSA) is 78.1 Å². The van der Waals surface area contributed by atoms with Crippen molar-refractivity contribution in [2.24, 2.45) is 0 Å². The number of H-pyrrole nitrogens is 1. The van der Waals surface area contributed by atoms with Crippen molar-refractivity contribution in [1.29, 1.82) is 0 Å². The number of likely N-dealkylation sites (tertiary alicyclic amines) is 1. The van der Waals surface area contributed by atoms with E-state index in [1.165, 1.54) is 35.3 Å². The van der Waals surface area contributed by atoms with Crippen molar-refractivity contribution in [3.8, 4) is 0 Å². The van der Waals surface area contributed by atoms with E-state index in [4.69, 9.17) is 4.98 Å². The molecule has 0 bridgehead atoms. The molecule has 7 heteroatoms. The number of hydrogen-bond acceptors (Lipinski definition) is 5. The molecule has 2 aromatic heterocycles. The van der Waals surface area contributed by atoms with E-state index in [1.807, 2.05) is 6.07 Å². The van der Waals surface area contributed by atoms with Crippen molar-refractivity contribution in [3.63, 3.8) is 0 Å². The summed E-state index contributed by atoms with van der Waals surface area (Å²) in [4.78, 5) is 37.6. The van der Waals surface area contributed by atoms with Gasteiger partial charge in [-0.3, -0.25) is 14.5 Å². The first-order valence-electron chi connectivity index (χ1n) is 11.8. The third-order valence-corrected chi connectivity index (χ3v) is 7.91. The number of carbonyl (C=O) groups is 1. The van der Waals surface area contributed by atoms with E-state index in [2.05, 4.69) is 39.5 Å². The molecule has 0 saturated carbocycles. The van der Waals surface area contributed by atoms with Crippen molar-refractivity contribution < 1.29 is 4.79 Å². The summed E-state index contributed by atoms with van der Waals surface area (Å²) in [6.45, 7) is 2.75. The first-order valence-corrected chi connectivity index (χ1v) is 12.6. The number of amides is 1. The Bertz CT molecular complexity index is 1150. The predicted octanol–water partition coefficient (Wildman–Crippen LogP) is 3.75. The maximum Gasteiger partial charge on any atom is 0.259 e. The van der Waals surface area contributed by atoms with Crippen LogP contribution < -0.4 is 10.9 Å². The van der Waals surface area contributed by atoms with E-state index in [0.29, 0.717) is 25.2 Å². The van der Waals surface area contributed by atoms with Gasteiger partial charge >= 0.3 is 0 Å². The number of nitrogens with one attached hydrogen (secondary N) is 2. The zero-order valence-corrected chi connectivity index (χ0v) is 19.2. The number of nitrogens with zero attached hydrogens (tertiary/aromatic N) is 2. The third-order valence-electron chi connectivity index (χ3n) is 6.72. The number of aromatic nitrogens is 2. The molecule has 2 N–H and O–H groups in total. The van der Waals surface area contributed by atoms with Gasteiger partial charge in [0.25, 0.3) is 5.56 Å². The van der Waals surface area contributed by atoms with Crippen LogP contribution in [0.2, 0.25) is 0 Å². The highest BCUT2D eigenvalue weighted by molar-refractivity contribution is 7.18. The SMILES string of the molecule is O=C(CCc1nc2sc3c(c2c(=O)[nH]1)CCCC3)NCC(c1ccccc1)N1CCCC1. The number of fused-ring (bicyclic) bond motifs is 3. The van der Waals surface area contributed by atoms with Crippen LogP contribution in [0.15, 0.2) is 35.1 Å². The molecule has 1 saturated heterocycles. The van der Waals surface area contributed by atoms with Gasteiger partial charge in [-0.2, -0.15) is 0 Å². The van der Waals surface area contributed by atoms with E-state index in [9.17, 15) is 9.59 Å². The van der Waals surface area contributed by atoms with Crippen molar-refractivity contribution in [3.05, 3.63) is 62.5 Å². The fraction of sp³-hybridized carbons (Fsp3) is 0.480. The molecular weight excluding hydrogens is 420 g/mol. The van der Waals surface area contributed by atoms with E-state index >= 15 is 0 Å². The van der Waals surface area contributed by atoms with Crippen LogP contribution in [0.3, 0.4) is 0 Å². The second kappa shape index (κ2) is 9.55. The van der Waals surface area contributed by atoms with Gasteiger partial charge in [0.1, 0.15) is 10.7 Å². The smallest absolute Gasteiger partial charge is 0.259 e. The van der Waals surface area contributed by atoms with Gasteiger partial charge < -0.3 is 10.3 Å². The first-order chi connectivity index (χ1) is 15.7. The number of thiophene rings is 1. The molecule has 1 unspecified atom stereocenters. The summed E-state index contributed by atoms with van der Waals surface area (Å²) in [7, 11) is 0. The molecule has 2 aliphatic rings. The Balaban J connectivity index is 1.22. The molecule has 1 aliphatic heterocycles. The average molecular weight is 451 g/mol. The lowest BCUT2D eigenvalue weighted by Gasteiger charge is -2.28. The first kappa shape index (κ1) is 21.3. The fourth-order valence-corrected chi connectivity index (χ4v) is 6.32. The largest absolute Gasteiger partial charge is 0.354 e. The van der Waals surface area contributed by atoms with Gasteiger partial charge in [0.2, 0.25) is 5.91 Å². The van der Waals surface area contributed by atoms with Gasteiger partial charge in [-0.05, 0) is 62.7 Å². The van der Waals surface area contributed by atoms with Crippen molar-refractivity contribution >= 4 is 27.5 Å². The molecule has 1 fully saturated rings. The minimum Gasteiger partial charge on any atom is -0.354 e. The molecule has 3 aromatic rings. The molecule has 168 valence electrons. The maximum atomic E-state index is 12.7. The molecule has 1 amide bonds. The number of aryl methyl sites for hydroxylation is 3. The molecule has 0 spiro atoms. The molecule has 32 heavy (non-hydrogen) atoms. The van der Waals surface area contributed by atoms with Crippen molar-refractivity contribution in [2.75, 3.05) is 19.6 Å². The van der Waals surface area contributed by atoms with Crippen LogP contribution in [-0.2, 0) is 24.1 Å². The molecular formula is C25H30N4O2S. The van der Waals surface area contributed by atoms with Crippen LogP contribution in [0, 0.1) is 0 Å². The van der Waals surface area contributed by atoms with Crippen LogP contribution in [0.25, 0.3) is 10.2 Å². The Morgan fingerprint density at radius 1 is 1.12 bits per heavy atom. The van der Waals surface area contributed by atoms with Crippen LogP contribution >= 0.6 is 11.3 Å². The van der Waals surface area contributed by atoms with Crippen molar-refractivity contribution in [2.45, 2.75) is 57.4 Å². The van der Waals surface area contributed by atoms with Gasteiger partial charge in [-0.15, -0.1) is 11.3 Å². The Morgan fingerprint density at radius 3 is 2.72 bits per heavy atom. The lowest BCUT2D eigenvalue weighted by atomic mass is 9.97. The molecule has 3 heterocycles. The molecule has 5 rings (SSSR count). The highest BCUT2D eigenvalue weighted by Crippen LogP contribution is 2.33. The normalized spacial score (nSPS) is 17.4. The Hall–Kier alpha value is -2.51. The Labute approximate surface area is 192 Å². The van der Waals surface area contributed by atoms with Crippen LogP contribution in [-0.4, -0.2) is 40.4 Å². The lowest BCUT2D eigenvalue weighted by molar-refractivity contribution is -0.121. The van der Waals surface area contributed by atoms with E-state index in [-0.39, 0.29) is 17.5 Å². The summed E-state index contributed by atoms with van der Waals surface area (Å²) in [6, 6.07) is 10.6. The number of aromatic amines is 1. The summed E-state index contributed by atoms with van der Waals surface area (Å²) >= 11 is 1.65. The summed E-state index contributed by atoms with van der Waals surface area (Å²) in [5, 5.41) is 3.89. The highest BCUT2D eigenvalue weighted by atomic mass is 32.1. The van der Waals surface area contributed by atoms with Gasteiger partial charge in [0.05, 0.1) is 11.4 Å².